The molecule has 0 aliphatic carbocycles. The molecule has 0 amide bonds. The van der Waals surface area contributed by atoms with Crippen molar-refractivity contribution in [1.29, 1.82) is 0 Å². The van der Waals surface area contributed by atoms with E-state index in [1.807, 2.05) is 12.1 Å². The van der Waals surface area contributed by atoms with Crippen molar-refractivity contribution in [3.63, 3.8) is 0 Å². The first-order valence-corrected chi connectivity index (χ1v) is 8.32. The van der Waals surface area contributed by atoms with Gasteiger partial charge in [0.1, 0.15) is 5.25 Å². The Morgan fingerprint density at radius 2 is 1.74 bits per heavy atom. The fourth-order valence-corrected chi connectivity index (χ4v) is 4.64. The van der Waals surface area contributed by atoms with Crippen molar-refractivity contribution in [3.8, 4) is 0 Å². The van der Waals surface area contributed by atoms with E-state index in [1.54, 1.807) is 4.31 Å². The van der Waals surface area contributed by atoms with Crippen LogP contribution in [0.25, 0.3) is 0 Å². The van der Waals surface area contributed by atoms with Gasteiger partial charge >= 0.3 is 0 Å². The standard InChI is InChI=1S/C14H19NO3S/c16-19(17,14-7-10-18-11-14)15-8-5-12-3-1-2-4-13(12)6-9-15/h1-4,14H,5-11H2. The van der Waals surface area contributed by atoms with Gasteiger partial charge in [-0.25, -0.2) is 12.7 Å². The van der Waals surface area contributed by atoms with Gasteiger partial charge in [0.05, 0.1) is 6.61 Å². The van der Waals surface area contributed by atoms with Crippen LogP contribution < -0.4 is 0 Å². The van der Waals surface area contributed by atoms with Gasteiger partial charge in [0.2, 0.25) is 10.0 Å². The molecule has 0 saturated carbocycles. The van der Waals surface area contributed by atoms with Gasteiger partial charge in [-0.05, 0) is 30.4 Å². The molecule has 2 heterocycles. The molecule has 1 unspecified atom stereocenters. The van der Waals surface area contributed by atoms with Crippen molar-refractivity contribution in [1.82, 2.24) is 4.31 Å². The van der Waals surface area contributed by atoms with Crippen LogP contribution >= 0.6 is 0 Å². The van der Waals surface area contributed by atoms with Crippen molar-refractivity contribution in [3.05, 3.63) is 35.4 Å². The first-order chi connectivity index (χ1) is 9.18. The van der Waals surface area contributed by atoms with Crippen LogP contribution in [0.3, 0.4) is 0 Å². The Morgan fingerprint density at radius 3 is 2.26 bits per heavy atom. The zero-order chi connectivity index (χ0) is 13.3. The molecule has 0 N–H and O–H groups in total. The van der Waals surface area contributed by atoms with Crippen LogP contribution in [-0.2, 0) is 27.6 Å². The summed E-state index contributed by atoms with van der Waals surface area (Å²) < 4.78 is 32.0. The van der Waals surface area contributed by atoms with Crippen LogP contribution in [0.4, 0.5) is 0 Å². The van der Waals surface area contributed by atoms with Crippen LogP contribution in [0.15, 0.2) is 24.3 Å². The van der Waals surface area contributed by atoms with Gasteiger partial charge < -0.3 is 4.74 Å². The van der Waals surface area contributed by atoms with E-state index in [4.69, 9.17) is 4.74 Å². The smallest absolute Gasteiger partial charge is 0.219 e. The summed E-state index contributed by atoms with van der Waals surface area (Å²) in [4.78, 5) is 0. The first kappa shape index (κ1) is 13.1. The van der Waals surface area contributed by atoms with Crippen LogP contribution in [0.2, 0.25) is 0 Å². The normalized spacial score (nSPS) is 24.9. The molecule has 1 saturated heterocycles. The second-order valence-corrected chi connectivity index (χ2v) is 7.41. The number of nitrogens with zero attached hydrogens (tertiary/aromatic N) is 1. The highest BCUT2D eigenvalue weighted by molar-refractivity contribution is 7.89. The lowest BCUT2D eigenvalue weighted by Crippen LogP contribution is -2.40. The molecular weight excluding hydrogens is 262 g/mol. The maximum Gasteiger partial charge on any atom is 0.219 e. The van der Waals surface area contributed by atoms with E-state index in [9.17, 15) is 8.42 Å². The number of hydrogen-bond acceptors (Lipinski definition) is 3. The van der Waals surface area contributed by atoms with Gasteiger partial charge in [-0.3, -0.25) is 0 Å². The molecule has 0 bridgehead atoms. The van der Waals surface area contributed by atoms with Crippen molar-refractivity contribution < 1.29 is 13.2 Å². The second kappa shape index (κ2) is 5.23. The molecule has 0 radical (unpaired) electrons. The average molecular weight is 281 g/mol. The Hall–Kier alpha value is -0.910. The molecule has 5 heteroatoms. The van der Waals surface area contributed by atoms with E-state index in [2.05, 4.69) is 12.1 Å². The highest BCUT2D eigenvalue weighted by Crippen LogP contribution is 2.22. The molecular formula is C14H19NO3S. The maximum atomic E-state index is 12.5. The monoisotopic (exact) mass is 281 g/mol. The predicted molar refractivity (Wildman–Crippen MR) is 73.6 cm³/mol. The Labute approximate surface area is 114 Å². The first-order valence-electron chi connectivity index (χ1n) is 6.81. The van der Waals surface area contributed by atoms with E-state index < -0.39 is 10.0 Å². The summed E-state index contributed by atoms with van der Waals surface area (Å²) in [6.07, 6.45) is 2.25. The van der Waals surface area contributed by atoms with Crippen LogP contribution in [0, 0.1) is 0 Å². The quantitative estimate of drug-likeness (QED) is 0.818. The van der Waals surface area contributed by atoms with Gasteiger partial charge in [0.15, 0.2) is 0 Å². The lowest BCUT2D eigenvalue weighted by atomic mass is 10.0. The molecule has 3 rings (SSSR count). The fourth-order valence-electron chi connectivity index (χ4n) is 2.86. The molecule has 1 fully saturated rings. The summed E-state index contributed by atoms with van der Waals surface area (Å²) in [5, 5.41) is -0.339. The predicted octanol–water partition coefficient (Wildman–Crippen LogP) is 1.21. The zero-order valence-corrected chi connectivity index (χ0v) is 11.7. The topological polar surface area (TPSA) is 46.6 Å². The highest BCUT2D eigenvalue weighted by atomic mass is 32.2. The minimum atomic E-state index is -3.19. The molecule has 2 aliphatic heterocycles. The van der Waals surface area contributed by atoms with Crippen LogP contribution in [0.1, 0.15) is 17.5 Å². The average Bonchev–Trinajstić information content (AvgIpc) is 2.86. The fraction of sp³-hybridized carbons (Fsp3) is 0.571. The van der Waals surface area contributed by atoms with Crippen molar-refractivity contribution in [2.75, 3.05) is 26.3 Å². The van der Waals surface area contributed by atoms with E-state index in [0.29, 0.717) is 32.7 Å². The summed E-state index contributed by atoms with van der Waals surface area (Å²) in [6, 6.07) is 8.25. The number of rotatable bonds is 2. The van der Waals surface area contributed by atoms with E-state index in [1.165, 1.54) is 11.1 Å². The number of fused-ring (bicyclic) bond motifs is 1. The number of hydrogen-bond donors (Lipinski definition) is 0. The van der Waals surface area contributed by atoms with E-state index in [-0.39, 0.29) is 5.25 Å². The van der Waals surface area contributed by atoms with Gasteiger partial charge in [-0.1, -0.05) is 24.3 Å². The lowest BCUT2D eigenvalue weighted by Gasteiger charge is -2.23. The van der Waals surface area contributed by atoms with Gasteiger partial charge in [0, 0.05) is 19.7 Å². The van der Waals surface area contributed by atoms with Crippen LogP contribution in [0.5, 0.6) is 0 Å². The molecule has 2 aliphatic rings. The van der Waals surface area contributed by atoms with Gasteiger partial charge in [-0.15, -0.1) is 0 Å². The number of ether oxygens (including phenoxy) is 1. The third-order valence-corrected chi connectivity index (χ3v) is 6.35. The van der Waals surface area contributed by atoms with Gasteiger partial charge in [-0.2, -0.15) is 0 Å². The SMILES string of the molecule is O=S(=O)(C1CCOC1)N1CCc2ccccc2CC1. The molecule has 1 aromatic carbocycles. The number of sulfonamides is 1. The van der Waals surface area contributed by atoms with Crippen molar-refractivity contribution in [2.24, 2.45) is 0 Å². The Kier molecular flexibility index (Phi) is 3.60. The number of benzene rings is 1. The Morgan fingerprint density at radius 1 is 1.11 bits per heavy atom. The minimum Gasteiger partial charge on any atom is -0.380 e. The summed E-state index contributed by atoms with van der Waals surface area (Å²) in [5.41, 5.74) is 2.56. The zero-order valence-electron chi connectivity index (χ0n) is 10.9. The van der Waals surface area contributed by atoms with Crippen LogP contribution in [-0.4, -0.2) is 44.3 Å². The molecule has 0 spiro atoms. The summed E-state index contributed by atoms with van der Waals surface area (Å²) >= 11 is 0. The molecule has 19 heavy (non-hydrogen) atoms. The molecule has 104 valence electrons. The van der Waals surface area contributed by atoms with E-state index in [0.717, 1.165) is 12.8 Å². The van der Waals surface area contributed by atoms with Crippen molar-refractivity contribution >= 4 is 10.0 Å². The van der Waals surface area contributed by atoms with Gasteiger partial charge in [0.25, 0.3) is 0 Å². The summed E-state index contributed by atoms with van der Waals surface area (Å²) in [5.74, 6) is 0. The third kappa shape index (κ3) is 2.55. The second-order valence-electron chi connectivity index (χ2n) is 5.20. The Bertz CT molecular complexity index is 523. The highest BCUT2D eigenvalue weighted by Gasteiger charge is 2.35. The minimum absolute atomic E-state index is 0.339. The molecule has 4 nitrogen and oxygen atoms in total. The molecule has 1 aromatic rings. The summed E-state index contributed by atoms with van der Waals surface area (Å²) in [7, 11) is -3.19. The van der Waals surface area contributed by atoms with E-state index >= 15 is 0 Å². The largest absolute Gasteiger partial charge is 0.380 e. The van der Waals surface area contributed by atoms with Crippen molar-refractivity contribution in [2.45, 2.75) is 24.5 Å². The Balaban J connectivity index is 1.78. The molecule has 0 aromatic heterocycles. The lowest BCUT2D eigenvalue weighted by molar-refractivity contribution is 0.198. The molecule has 1 atom stereocenters. The third-order valence-electron chi connectivity index (χ3n) is 4.05. The summed E-state index contributed by atoms with van der Waals surface area (Å²) in [6.45, 7) is 2.11. The maximum absolute atomic E-state index is 12.5.